The lowest BCUT2D eigenvalue weighted by molar-refractivity contribution is -0.577. The van der Waals surface area contributed by atoms with Gasteiger partial charge in [0.05, 0.1) is 6.61 Å². The summed E-state index contributed by atoms with van der Waals surface area (Å²) in [4.78, 5) is 17.3. The van der Waals surface area contributed by atoms with E-state index in [1.54, 1.807) is 0 Å². The molecule has 222 valence electrons. The zero-order valence-electron chi connectivity index (χ0n) is 24.9. The quantitative estimate of drug-likeness (QED) is 0.400. The zero-order valence-corrected chi connectivity index (χ0v) is 24.9. The van der Waals surface area contributed by atoms with Crippen LogP contribution in [-0.2, 0) is 43.7 Å². The smallest absolute Gasteiger partial charge is 0.201 e. The van der Waals surface area contributed by atoms with E-state index in [0.29, 0.717) is 18.4 Å². The van der Waals surface area contributed by atoms with E-state index in [-0.39, 0.29) is 18.1 Å². The molecule has 0 amide bonds. The van der Waals surface area contributed by atoms with Crippen molar-refractivity contribution in [3.8, 4) is 0 Å². The molecule has 6 fully saturated rings. The van der Waals surface area contributed by atoms with E-state index in [2.05, 4.69) is 78.2 Å². The van der Waals surface area contributed by atoms with Gasteiger partial charge in [-0.1, -0.05) is 68.4 Å². The predicted octanol–water partition coefficient (Wildman–Crippen LogP) is 5.73. The van der Waals surface area contributed by atoms with Crippen LogP contribution >= 0.6 is 0 Å². The molecule has 0 N–H and O–H groups in total. The van der Waals surface area contributed by atoms with Crippen molar-refractivity contribution >= 4 is 0 Å². The Bertz CT molecular complexity index is 1170. The molecule has 2 bridgehead atoms. The van der Waals surface area contributed by atoms with Crippen LogP contribution in [0.2, 0.25) is 0 Å². The minimum Gasteiger partial charge on any atom is -0.348 e. The van der Waals surface area contributed by atoms with Crippen molar-refractivity contribution in [3.05, 3.63) is 71.3 Å². The largest absolute Gasteiger partial charge is 0.348 e. The molecular weight excluding hydrogens is 516 g/mol. The topological polar surface area (TPSA) is 52.6 Å². The second kappa shape index (κ2) is 11.3. The maximum Gasteiger partial charge on any atom is 0.201 e. The van der Waals surface area contributed by atoms with Crippen LogP contribution in [0, 0.1) is 23.7 Å². The zero-order chi connectivity index (χ0) is 28.0. The summed E-state index contributed by atoms with van der Waals surface area (Å²) in [6, 6.07) is 19.7. The molecule has 7 heteroatoms. The lowest BCUT2D eigenvalue weighted by Crippen LogP contribution is -2.70. The van der Waals surface area contributed by atoms with Crippen LogP contribution in [0.3, 0.4) is 0 Å². The molecule has 0 unspecified atom stereocenters. The maximum atomic E-state index is 6.59. The Morgan fingerprint density at radius 3 is 2.15 bits per heavy atom. The molecule has 41 heavy (non-hydrogen) atoms. The normalized spacial score (nSPS) is 39.3. The fourth-order valence-electron chi connectivity index (χ4n) is 8.19. The minimum absolute atomic E-state index is 0.190. The van der Waals surface area contributed by atoms with Gasteiger partial charge in [0.1, 0.15) is 0 Å². The molecule has 6 aliphatic rings. The molecule has 0 radical (unpaired) electrons. The molecule has 1 spiro atoms. The highest BCUT2D eigenvalue weighted by Gasteiger charge is 2.69. The number of piperazine rings is 1. The summed E-state index contributed by atoms with van der Waals surface area (Å²) in [5.74, 6) is 0.651. The molecule has 0 aromatic heterocycles. The first-order valence-electron chi connectivity index (χ1n) is 15.8. The number of rotatable bonds is 7. The van der Waals surface area contributed by atoms with Gasteiger partial charge < -0.3 is 14.2 Å². The van der Waals surface area contributed by atoms with E-state index >= 15 is 0 Å². The number of ether oxygens (including phenoxy) is 3. The summed E-state index contributed by atoms with van der Waals surface area (Å²) < 4.78 is 19.5. The van der Waals surface area contributed by atoms with E-state index in [4.69, 9.17) is 24.0 Å². The molecule has 2 aromatic rings. The van der Waals surface area contributed by atoms with Gasteiger partial charge in [-0.2, -0.15) is 0 Å². The van der Waals surface area contributed by atoms with E-state index in [9.17, 15) is 0 Å². The van der Waals surface area contributed by atoms with Crippen molar-refractivity contribution < 1.29 is 24.0 Å². The highest BCUT2D eigenvalue weighted by molar-refractivity contribution is 5.22. The highest BCUT2D eigenvalue weighted by atomic mass is 17.3. The van der Waals surface area contributed by atoms with Crippen LogP contribution in [0.15, 0.2) is 54.6 Å². The molecule has 1 saturated carbocycles. The summed E-state index contributed by atoms with van der Waals surface area (Å²) in [6.07, 6.45) is 3.36. The van der Waals surface area contributed by atoms with Gasteiger partial charge in [0.15, 0.2) is 18.2 Å². The van der Waals surface area contributed by atoms with E-state index in [1.807, 2.05) is 6.92 Å². The van der Waals surface area contributed by atoms with Crippen LogP contribution in [0.4, 0.5) is 0 Å². The number of hydrogen-bond donors (Lipinski definition) is 0. The minimum atomic E-state index is -0.757. The average Bonchev–Trinajstić information content (AvgIpc) is 3.22. The van der Waals surface area contributed by atoms with E-state index in [0.717, 1.165) is 58.5 Å². The van der Waals surface area contributed by atoms with Gasteiger partial charge in [-0.15, -0.1) is 0 Å². The number of benzene rings is 2. The molecular formula is C34H46N2O5. The van der Waals surface area contributed by atoms with E-state index < -0.39 is 17.7 Å². The van der Waals surface area contributed by atoms with Gasteiger partial charge in [0, 0.05) is 57.5 Å². The number of fused-ring (bicyclic) bond motifs is 2. The Morgan fingerprint density at radius 1 is 0.780 bits per heavy atom. The molecule has 7 nitrogen and oxygen atoms in total. The van der Waals surface area contributed by atoms with Crippen molar-refractivity contribution in [2.45, 2.75) is 90.1 Å². The third-order valence-corrected chi connectivity index (χ3v) is 10.7. The third-order valence-electron chi connectivity index (χ3n) is 10.7. The summed E-state index contributed by atoms with van der Waals surface area (Å²) in [5, 5.41) is 0. The molecule has 1 aliphatic carbocycles. The van der Waals surface area contributed by atoms with E-state index in [1.165, 1.54) is 23.1 Å². The molecule has 2 aromatic carbocycles. The van der Waals surface area contributed by atoms with Crippen molar-refractivity contribution in [1.82, 2.24) is 9.80 Å². The molecule has 5 heterocycles. The standard InChI is InChI=1S/C34H46N2O5/c1-24-9-14-30-25(2)31(38-32-34(30)29(24)15-16-33(3,39-32)40-41-34)37-23-28-12-10-27(11-13-28)22-36-19-17-35(18-20-36)21-26-7-5-4-6-8-26/h4-8,10-13,24-25,29-32H,9,14-23H2,1-3H3/t24-,25-,29+,30+,31+,32-,33-,34-/m1/s1. The van der Waals surface area contributed by atoms with Crippen LogP contribution in [-0.4, -0.2) is 59.9 Å². The first-order chi connectivity index (χ1) is 19.9. The maximum absolute atomic E-state index is 6.59. The van der Waals surface area contributed by atoms with Crippen LogP contribution in [0.1, 0.15) is 63.1 Å². The first kappa shape index (κ1) is 28.0. The van der Waals surface area contributed by atoms with Crippen molar-refractivity contribution in [2.75, 3.05) is 26.2 Å². The van der Waals surface area contributed by atoms with Crippen LogP contribution < -0.4 is 0 Å². The van der Waals surface area contributed by atoms with Gasteiger partial charge in [0.2, 0.25) is 5.79 Å². The van der Waals surface area contributed by atoms with Gasteiger partial charge in [-0.05, 0) is 54.7 Å². The number of hydrogen-bond acceptors (Lipinski definition) is 7. The fraction of sp³-hybridized carbons (Fsp3) is 0.647. The van der Waals surface area contributed by atoms with Gasteiger partial charge in [-0.25, -0.2) is 9.78 Å². The third kappa shape index (κ3) is 5.40. The van der Waals surface area contributed by atoms with Crippen molar-refractivity contribution in [3.63, 3.8) is 0 Å². The SMILES string of the molecule is C[C@H]1[C@@H](OCc2ccc(CN3CCN(Cc4ccccc4)CC3)cc2)O[C@@H]2O[C@@]3(C)CC[C@H]4[C@H](C)CC[C@@H]1[C@@]24OO3. The van der Waals surface area contributed by atoms with Crippen LogP contribution in [0.25, 0.3) is 0 Å². The van der Waals surface area contributed by atoms with Crippen molar-refractivity contribution in [1.29, 1.82) is 0 Å². The Balaban J connectivity index is 0.934. The lowest BCUT2D eigenvalue weighted by atomic mass is 9.58. The Hall–Kier alpha value is -1.84. The summed E-state index contributed by atoms with van der Waals surface area (Å²) in [7, 11) is 0. The Morgan fingerprint density at radius 2 is 1.44 bits per heavy atom. The predicted molar refractivity (Wildman–Crippen MR) is 155 cm³/mol. The highest BCUT2D eigenvalue weighted by Crippen LogP contribution is 2.60. The molecule has 8 rings (SSSR count). The first-order valence-corrected chi connectivity index (χ1v) is 15.8. The van der Waals surface area contributed by atoms with Gasteiger partial charge in [-0.3, -0.25) is 9.80 Å². The summed E-state index contributed by atoms with van der Waals surface area (Å²) >= 11 is 0. The average molecular weight is 563 g/mol. The molecule has 5 saturated heterocycles. The van der Waals surface area contributed by atoms with Gasteiger partial charge >= 0.3 is 0 Å². The molecule has 5 aliphatic heterocycles. The Labute approximate surface area is 245 Å². The van der Waals surface area contributed by atoms with Crippen LogP contribution in [0.5, 0.6) is 0 Å². The monoisotopic (exact) mass is 562 g/mol. The van der Waals surface area contributed by atoms with Gasteiger partial charge in [0.25, 0.3) is 0 Å². The summed E-state index contributed by atoms with van der Waals surface area (Å²) in [5.41, 5.74) is 3.38. The Kier molecular flexibility index (Phi) is 7.74. The van der Waals surface area contributed by atoms with Crippen molar-refractivity contribution in [2.24, 2.45) is 23.7 Å². The number of nitrogens with zero attached hydrogens (tertiary/aromatic N) is 2. The molecule has 8 atom stereocenters. The summed E-state index contributed by atoms with van der Waals surface area (Å²) in [6.45, 7) is 13.6. The fourth-order valence-corrected chi connectivity index (χ4v) is 8.19. The second-order valence-electron chi connectivity index (χ2n) is 13.4. The lowest BCUT2D eigenvalue weighted by Gasteiger charge is -2.60. The second-order valence-corrected chi connectivity index (χ2v) is 13.4.